The van der Waals surface area contributed by atoms with Crippen LogP contribution in [0.25, 0.3) is 0 Å². The quantitative estimate of drug-likeness (QED) is 0.847. The second kappa shape index (κ2) is 6.08. The zero-order chi connectivity index (χ0) is 16.5. The summed E-state index contributed by atoms with van der Waals surface area (Å²) in [6, 6.07) is 6.02. The van der Waals surface area contributed by atoms with Crippen LogP contribution in [0.5, 0.6) is 0 Å². The highest BCUT2D eigenvalue weighted by Gasteiger charge is 2.40. The van der Waals surface area contributed by atoms with Gasteiger partial charge in [0.1, 0.15) is 11.5 Å². The molecule has 2 unspecified atom stereocenters. The Labute approximate surface area is 134 Å². The molecule has 0 saturated heterocycles. The van der Waals surface area contributed by atoms with Crippen molar-refractivity contribution in [1.29, 1.82) is 0 Å². The highest BCUT2D eigenvalue weighted by molar-refractivity contribution is 6.31. The molecule has 1 heterocycles. The Morgan fingerprint density at radius 2 is 1.95 bits per heavy atom. The van der Waals surface area contributed by atoms with Crippen LogP contribution in [0.4, 0.5) is 4.79 Å². The van der Waals surface area contributed by atoms with E-state index in [1.165, 1.54) is 0 Å². The largest absolute Gasteiger partial charge is 0.459 e. The van der Waals surface area contributed by atoms with Crippen molar-refractivity contribution < 1.29 is 14.3 Å². The van der Waals surface area contributed by atoms with Crippen LogP contribution >= 0.6 is 11.6 Å². The summed E-state index contributed by atoms with van der Waals surface area (Å²) in [5, 5.41) is 3.19. The van der Waals surface area contributed by atoms with Crippen LogP contribution in [0, 0.1) is 5.92 Å². The normalized spacial score (nSPS) is 21.9. The number of benzene rings is 1. The van der Waals surface area contributed by atoms with Crippen LogP contribution in [-0.4, -0.2) is 23.3 Å². The second-order valence-electron chi connectivity index (χ2n) is 6.21. The number of urea groups is 1. The van der Waals surface area contributed by atoms with Crippen LogP contribution < -0.4 is 5.32 Å². The van der Waals surface area contributed by atoms with E-state index >= 15 is 0 Å². The number of carbonyl (C=O) groups excluding carboxylic acids is 2. The van der Waals surface area contributed by atoms with Crippen LogP contribution in [-0.2, 0) is 9.53 Å². The van der Waals surface area contributed by atoms with Crippen molar-refractivity contribution in [2.24, 2.45) is 10.9 Å². The fraction of sp³-hybridized carbons (Fsp3) is 0.438. The standard InChI is InChI=1S/C16H19ClN2O3/c1-9-12(14(20)22-16(2,3)4)13(19-15(21)18-9)10-7-5-6-8-11(10)17/h5-8,12-13H,1-4H3,(H,19,21). The molecule has 0 bridgehead atoms. The molecule has 5 nitrogen and oxygen atoms in total. The van der Waals surface area contributed by atoms with E-state index in [0.717, 1.165) is 0 Å². The lowest BCUT2D eigenvalue weighted by Crippen LogP contribution is -2.45. The van der Waals surface area contributed by atoms with Gasteiger partial charge in [-0.2, -0.15) is 0 Å². The first-order valence-electron chi connectivity index (χ1n) is 7.02. The number of nitrogens with zero attached hydrogens (tertiary/aromatic N) is 1. The number of hydrogen-bond donors (Lipinski definition) is 1. The van der Waals surface area contributed by atoms with Gasteiger partial charge in [0.05, 0.1) is 6.04 Å². The summed E-state index contributed by atoms with van der Waals surface area (Å²) in [6.07, 6.45) is 0. The highest BCUT2D eigenvalue weighted by atomic mass is 35.5. The summed E-state index contributed by atoms with van der Waals surface area (Å²) in [4.78, 5) is 28.1. The molecule has 0 radical (unpaired) electrons. The molecule has 1 aromatic rings. The zero-order valence-electron chi connectivity index (χ0n) is 13.0. The molecule has 22 heavy (non-hydrogen) atoms. The SMILES string of the molecule is CC1=NC(=O)NC(c2ccccc2Cl)C1C(=O)OC(C)(C)C. The van der Waals surface area contributed by atoms with Crippen molar-refractivity contribution in [1.82, 2.24) is 5.32 Å². The molecule has 118 valence electrons. The number of esters is 1. The van der Waals surface area contributed by atoms with Crippen LogP contribution in [0.3, 0.4) is 0 Å². The van der Waals surface area contributed by atoms with Crippen molar-refractivity contribution in [2.45, 2.75) is 39.3 Å². The van der Waals surface area contributed by atoms with Gasteiger partial charge in [0.2, 0.25) is 0 Å². The molecule has 2 atom stereocenters. The minimum atomic E-state index is -0.697. The van der Waals surface area contributed by atoms with E-state index in [2.05, 4.69) is 10.3 Å². The summed E-state index contributed by atoms with van der Waals surface area (Å²) < 4.78 is 5.46. The van der Waals surface area contributed by atoms with Gasteiger partial charge in [0.25, 0.3) is 0 Å². The average molecular weight is 323 g/mol. The Kier molecular flexibility index (Phi) is 4.56. The van der Waals surface area contributed by atoms with Crippen LogP contribution in [0.1, 0.15) is 39.3 Å². The molecule has 1 aliphatic heterocycles. The Hall–Kier alpha value is -1.88. The van der Waals surface area contributed by atoms with E-state index in [1.807, 2.05) is 0 Å². The Bertz CT molecular complexity index is 635. The molecular formula is C16H19ClN2O3. The van der Waals surface area contributed by atoms with Crippen molar-refractivity contribution in [3.05, 3.63) is 34.9 Å². The third-order valence-corrected chi connectivity index (χ3v) is 3.59. The third-order valence-electron chi connectivity index (χ3n) is 3.24. The van der Waals surface area contributed by atoms with E-state index in [0.29, 0.717) is 16.3 Å². The lowest BCUT2D eigenvalue weighted by molar-refractivity contribution is -0.158. The lowest BCUT2D eigenvalue weighted by atomic mass is 9.88. The van der Waals surface area contributed by atoms with Crippen molar-refractivity contribution >= 4 is 29.3 Å². The van der Waals surface area contributed by atoms with Gasteiger partial charge in [-0.05, 0) is 39.3 Å². The number of carbonyl (C=O) groups is 2. The maximum absolute atomic E-state index is 12.5. The minimum absolute atomic E-state index is 0.419. The number of rotatable bonds is 2. The average Bonchev–Trinajstić information content (AvgIpc) is 2.35. The van der Waals surface area contributed by atoms with Crippen molar-refractivity contribution in [3.8, 4) is 0 Å². The van der Waals surface area contributed by atoms with Gasteiger partial charge in [0.15, 0.2) is 0 Å². The van der Waals surface area contributed by atoms with E-state index in [1.54, 1.807) is 52.0 Å². The van der Waals surface area contributed by atoms with Gasteiger partial charge in [0, 0.05) is 10.7 Å². The van der Waals surface area contributed by atoms with Crippen LogP contribution in [0.15, 0.2) is 29.3 Å². The molecule has 1 aromatic carbocycles. The van der Waals surface area contributed by atoms with Gasteiger partial charge in [-0.3, -0.25) is 4.79 Å². The molecule has 0 fully saturated rings. The van der Waals surface area contributed by atoms with Gasteiger partial charge < -0.3 is 10.1 Å². The number of halogens is 1. The predicted octanol–water partition coefficient (Wildman–Crippen LogP) is 3.52. The van der Waals surface area contributed by atoms with E-state index in [-0.39, 0.29) is 0 Å². The summed E-state index contributed by atoms with van der Waals surface area (Å²) in [7, 11) is 0. The molecule has 2 amide bonds. The molecule has 0 aromatic heterocycles. The third kappa shape index (κ3) is 3.65. The maximum Gasteiger partial charge on any atom is 0.341 e. The Balaban J connectivity index is 2.42. The molecule has 2 rings (SSSR count). The number of ether oxygens (including phenoxy) is 1. The minimum Gasteiger partial charge on any atom is -0.459 e. The van der Waals surface area contributed by atoms with Gasteiger partial charge in [-0.15, -0.1) is 0 Å². The van der Waals surface area contributed by atoms with Gasteiger partial charge in [-0.1, -0.05) is 29.8 Å². The number of nitrogens with one attached hydrogen (secondary N) is 1. The molecule has 0 spiro atoms. The predicted molar refractivity (Wildman–Crippen MR) is 85.2 cm³/mol. The Morgan fingerprint density at radius 3 is 2.55 bits per heavy atom. The maximum atomic E-state index is 12.5. The summed E-state index contributed by atoms with van der Waals surface area (Å²) >= 11 is 6.21. The first-order chi connectivity index (χ1) is 10.2. The zero-order valence-corrected chi connectivity index (χ0v) is 13.8. The van der Waals surface area contributed by atoms with E-state index in [4.69, 9.17) is 16.3 Å². The van der Waals surface area contributed by atoms with Crippen molar-refractivity contribution in [3.63, 3.8) is 0 Å². The molecule has 0 aliphatic carbocycles. The topological polar surface area (TPSA) is 67.8 Å². The number of aliphatic imine (C=N–C) groups is 1. The van der Waals surface area contributed by atoms with Gasteiger partial charge in [-0.25, -0.2) is 9.79 Å². The van der Waals surface area contributed by atoms with E-state index in [9.17, 15) is 9.59 Å². The molecular weight excluding hydrogens is 304 g/mol. The molecule has 6 heteroatoms. The van der Waals surface area contributed by atoms with Gasteiger partial charge >= 0.3 is 12.0 Å². The summed E-state index contributed by atoms with van der Waals surface area (Å²) in [5.41, 5.74) is 0.467. The first kappa shape index (κ1) is 16.5. The number of amides is 2. The second-order valence-corrected chi connectivity index (χ2v) is 6.62. The van der Waals surface area contributed by atoms with E-state index < -0.39 is 29.6 Å². The number of hydrogen-bond acceptors (Lipinski definition) is 3. The monoisotopic (exact) mass is 322 g/mol. The lowest BCUT2D eigenvalue weighted by Gasteiger charge is -2.32. The first-order valence-corrected chi connectivity index (χ1v) is 7.40. The highest BCUT2D eigenvalue weighted by Crippen LogP contribution is 2.33. The molecule has 1 N–H and O–H groups in total. The smallest absolute Gasteiger partial charge is 0.341 e. The van der Waals surface area contributed by atoms with Crippen molar-refractivity contribution in [2.75, 3.05) is 0 Å². The Morgan fingerprint density at radius 1 is 1.32 bits per heavy atom. The molecule has 1 aliphatic rings. The summed E-state index contributed by atoms with van der Waals surface area (Å²) in [6.45, 7) is 7.03. The fourth-order valence-corrected chi connectivity index (χ4v) is 2.63. The fourth-order valence-electron chi connectivity index (χ4n) is 2.38. The molecule has 0 saturated carbocycles. The summed E-state index contributed by atoms with van der Waals surface area (Å²) in [5.74, 6) is -1.13. The van der Waals surface area contributed by atoms with Crippen LogP contribution in [0.2, 0.25) is 5.02 Å².